The molecule has 0 heterocycles. The van der Waals surface area contributed by atoms with Gasteiger partial charge in [-0.3, -0.25) is 0 Å². The molecular formula is C15H23NO. The van der Waals surface area contributed by atoms with Gasteiger partial charge in [0, 0.05) is 6.04 Å². The lowest BCUT2D eigenvalue weighted by Crippen LogP contribution is -2.54. The van der Waals surface area contributed by atoms with E-state index in [-0.39, 0.29) is 0 Å². The highest BCUT2D eigenvalue weighted by atomic mass is 16.5. The van der Waals surface area contributed by atoms with Crippen molar-refractivity contribution >= 4 is 0 Å². The summed E-state index contributed by atoms with van der Waals surface area (Å²) in [5.41, 5.74) is 1.44. The minimum Gasteiger partial charge on any atom is -0.497 e. The molecule has 0 aromatic heterocycles. The summed E-state index contributed by atoms with van der Waals surface area (Å²) in [5, 5.41) is 3.58. The van der Waals surface area contributed by atoms with Gasteiger partial charge in [0.05, 0.1) is 7.11 Å². The zero-order chi connectivity index (χ0) is 12.4. The molecule has 0 spiro atoms. The molecule has 0 saturated heterocycles. The van der Waals surface area contributed by atoms with Gasteiger partial charge in [-0.2, -0.15) is 0 Å². The number of nitrogens with one attached hydrogen (secondary N) is 1. The van der Waals surface area contributed by atoms with E-state index < -0.39 is 0 Å². The fourth-order valence-electron chi connectivity index (χ4n) is 3.30. The van der Waals surface area contributed by atoms with E-state index in [9.17, 15) is 0 Å². The van der Waals surface area contributed by atoms with E-state index in [2.05, 4.69) is 50.4 Å². The molecule has 0 amide bonds. The Labute approximate surface area is 104 Å². The van der Waals surface area contributed by atoms with Crippen LogP contribution in [0.4, 0.5) is 0 Å². The maximum atomic E-state index is 5.20. The largest absolute Gasteiger partial charge is 0.497 e. The Morgan fingerprint density at radius 1 is 1.12 bits per heavy atom. The maximum absolute atomic E-state index is 5.20. The fourth-order valence-corrected chi connectivity index (χ4v) is 3.30. The average Bonchev–Trinajstić information content (AvgIpc) is 2.37. The van der Waals surface area contributed by atoms with Crippen molar-refractivity contribution < 1.29 is 4.74 Å². The quantitative estimate of drug-likeness (QED) is 0.863. The molecule has 0 aliphatic heterocycles. The highest BCUT2D eigenvalue weighted by Gasteiger charge is 2.44. The van der Waals surface area contributed by atoms with Crippen molar-refractivity contribution in [1.82, 2.24) is 5.32 Å². The van der Waals surface area contributed by atoms with Crippen LogP contribution in [0, 0.1) is 11.8 Å². The third-order valence-corrected chi connectivity index (χ3v) is 4.21. The second-order valence-electron chi connectivity index (χ2n) is 5.10. The molecule has 2 rings (SSSR count). The molecule has 2 nitrogen and oxygen atoms in total. The molecule has 2 atom stereocenters. The van der Waals surface area contributed by atoms with E-state index in [0.29, 0.717) is 12.0 Å². The summed E-state index contributed by atoms with van der Waals surface area (Å²) in [4.78, 5) is 0. The Hall–Kier alpha value is -1.02. The predicted octanol–water partition coefficient (Wildman–Crippen LogP) is 3.04. The predicted molar refractivity (Wildman–Crippen MR) is 71.5 cm³/mol. The van der Waals surface area contributed by atoms with Gasteiger partial charge in [-0.25, -0.2) is 0 Å². The van der Waals surface area contributed by atoms with Gasteiger partial charge in [-0.05, 0) is 42.0 Å². The Morgan fingerprint density at radius 3 is 2.18 bits per heavy atom. The van der Waals surface area contributed by atoms with Crippen molar-refractivity contribution in [2.75, 3.05) is 13.7 Å². The van der Waals surface area contributed by atoms with Crippen LogP contribution >= 0.6 is 0 Å². The second kappa shape index (κ2) is 5.09. The van der Waals surface area contributed by atoms with E-state index in [1.807, 2.05) is 0 Å². The van der Waals surface area contributed by atoms with Gasteiger partial charge in [-0.15, -0.1) is 0 Å². The first-order valence-electron chi connectivity index (χ1n) is 6.56. The molecule has 2 unspecified atom stereocenters. The van der Waals surface area contributed by atoms with Crippen LogP contribution < -0.4 is 10.1 Å². The number of methoxy groups -OCH3 is 1. The molecule has 17 heavy (non-hydrogen) atoms. The molecule has 1 saturated carbocycles. The zero-order valence-corrected chi connectivity index (χ0v) is 11.2. The first-order valence-corrected chi connectivity index (χ1v) is 6.56. The highest BCUT2D eigenvalue weighted by molar-refractivity contribution is 5.32. The van der Waals surface area contributed by atoms with E-state index >= 15 is 0 Å². The van der Waals surface area contributed by atoms with Gasteiger partial charge in [0.1, 0.15) is 5.75 Å². The van der Waals surface area contributed by atoms with E-state index in [1.165, 1.54) is 5.56 Å². The van der Waals surface area contributed by atoms with Crippen LogP contribution in [0.25, 0.3) is 0 Å². The Bertz CT molecular complexity index is 350. The minimum absolute atomic E-state index is 0.673. The summed E-state index contributed by atoms with van der Waals surface area (Å²) in [5.74, 6) is 3.07. The van der Waals surface area contributed by atoms with Gasteiger partial charge < -0.3 is 10.1 Å². The topological polar surface area (TPSA) is 21.3 Å². The molecule has 1 aliphatic carbocycles. The van der Waals surface area contributed by atoms with Crippen molar-refractivity contribution in [3.8, 4) is 5.75 Å². The molecule has 0 radical (unpaired) electrons. The van der Waals surface area contributed by atoms with Crippen LogP contribution in [-0.4, -0.2) is 19.7 Å². The maximum Gasteiger partial charge on any atom is 0.118 e. The first kappa shape index (κ1) is 12.4. The molecule has 1 N–H and O–H groups in total. The number of hydrogen-bond donors (Lipinski definition) is 1. The minimum atomic E-state index is 0.673. The van der Waals surface area contributed by atoms with Gasteiger partial charge >= 0.3 is 0 Å². The summed E-state index contributed by atoms with van der Waals surface area (Å²) in [7, 11) is 1.71. The molecule has 0 bridgehead atoms. The second-order valence-corrected chi connectivity index (χ2v) is 5.10. The van der Waals surface area contributed by atoms with Crippen molar-refractivity contribution in [1.29, 1.82) is 0 Å². The third-order valence-electron chi connectivity index (χ3n) is 4.21. The Kier molecular flexibility index (Phi) is 3.72. The summed E-state index contributed by atoms with van der Waals surface area (Å²) in [6, 6.07) is 9.22. The van der Waals surface area contributed by atoms with Crippen molar-refractivity contribution in [3.05, 3.63) is 29.8 Å². The molecule has 1 aromatic carbocycles. The highest BCUT2D eigenvalue weighted by Crippen LogP contribution is 2.47. The lowest BCUT2D eigenvalue weighted by atomic mass is 9.59. The standard InChI is InChI=1S/C15H23NO/c1-5-16-15-10(2)14(11(15)3)12-6-8-13(17-4)9-7-12/h6-11,14-16H,5H2,1-4H3. The van der Waals surface area contributed by atoms with Crippen molar-refractivity contribution in [2.45, 2.75) is 32.7 Å². The van der Waals surface area contributed by atoms with Crippen LogP contribution in [0.3, 0.4) is 0 Å². The Morgan fingerprint density at radius 2 is 1.71 bits per heavy atom. The monoisotopic (exact) mass is 233 g/mol. The number of benzene rings is 1. The van der Waals surface area contributed by atoms with Crippen LogP contribution in [0.1, 0.15) is 32.3 Å². The normalized spacial score (nSPS) is 32.0. The third kappa shape index (κ3) is 2.19. The molecule has 1 aliphatic rings. The summed E-state index contributed by atoms with van der Waals surface area (Å²) in [6.45, 7) is 7.94. The Balaban J connectivity index is 2.08. The van der Waals surface area contributed by atoms with Gasteiger partial charge in [0.25, 0.3) is 0 Å². The fraction of sp³-hybridized carbons (Fsp3) is 0.600. The molecule has 1 aromatic rings. The van der Waals surface area contributed by atoms with Crippen LogP contribution in [0.2, 0.25) is 0 Å². The number of ether oxygens (including phenoxy) is 1. The van der Waals surface area contributed by atoms with Gasteiger partial charge in [0.2, 0.25) is 0 Å². The SMILES string of the molecule is CCNC1C(C)C(c2ccc(OC)cc2)C1C. The van der Waals surface area contributed by atoms with Gasteiger partial charge in [0.15, 0.2) is 0 Å². The summed E-state index contributed by atoms with van der Waals surface area (Å²) >= 11 is 0. The lowest BCUT2D eigenvalue weighted by molar-refractivity contribution is 0.0982. The first-order chi connectivity index (χ1) is 8.19. The molecule has 1 fully saturated rings. The molecule has 94 valence electrons. The number of hydrogen-bond acceptors (Lipinski definition) is 2. The lowest BCUT2D eigenvalue weighted by Gasteiger charge is -2.50. The summed E-state index contributed by atoms with van der Waals surface area (Å²) < 4.78 is 5.20. The molecular weight excluding hydrogens is 210 g/mol. The van der Waals surface area contributed by atoms with Crippen molar-refractivity contribution in [3.63, 3.8) is 0 Å². The number of rotatable bonds is 4. The van der Waals surface area contributed by atoms with Crippen LogP contribution in [0.5, 0.6) is 5.75 Å². The molecule has 2 heteroatoms. The van der Waals surface area contributed by atoms with Crippen LogP contribution in [0.15, 0.2) is 24.3 Å². The van der Waals surface area contributed by atoms with Crippen molar-refractivity contribution in [2.24, 2.45) is 11.8 Å². The summed E-state index contributed by atoms with van der Waals surface area (Å²) in [6.07, 6.45) is 0. The zero-order valence-electron chi connectivity index (χ0n) is 11.2. The smallest absolute Gasteiger partial charge is 0.118 e. The van der Waals surface area contributed by atoms with Crippen LogP contribution in [-0.2, 0) is 0 Å². The van der Waals surface area contributed by atoms with E-state index in [4.69, 9.17) is 4.74 Å². The van der Waals surface area contributed by atoms with E-state index in [0.717, 1.165) is 24.1 Å². The van der Waals surface area contributed by atoms with E-state index in [1.54, 1.807) is 7.11 Å². The van der Waals surface area contributed by atoms with Gasteiger partial charge in [-0.1, -0.05) is 32.9 Å². The average molecular weight is 233 g/mol.